The van der Waals surface area contributed by atoms with E-state index in [1.807, 2.05) is 41.5 Å². The van der Waals surface area contributed by atoms with Crippen LogP contribution in [0, 0.1) is 25.2 Å². The van der Waals surface area contributed by atoms with Crippen LogP contribution in [0.5, 0.6) is 0 Å². The summed E-state index contributed by atoms with van der Waals surface area (Å²) in [5, 5.41) is 19.8. The van der Waals surface area contributed by atoms with Crippen LogP contribution in [-0.2, 0) is 11.2 Å². The zero-order valence-corrected chi connectivity index (χ0v) is 13.4. The van der Waals surface area contributed by atoms with Crippen LogP contribution in [0.4, 0.5) is 0 Å². The van der Waals surface area contributed by atoms with E-state index in [2.05, 4.69) is 15.5 Å². The number of nitrogens with zero attached hydrogens (tertiary/aromatic N) is 1. The number of aliphatic hydroxyl groups is 1. The molecule has 5 heteroatoms. The van der Waals surface area contributed by atoms with Gasteiger partial charge >= 0.3 is 0 Å². The van der Waals surface area contributed by atoms with E-state index < -0.39 is 6.10 Å². The lowest BCUT2D eigenvalue weighted by atomic mass is 9.89. The molecule has 2 unspecified atom stereocenters. The first kappa shape index (κ1) is 16.7. The van der Waals surface area contributed by atoms with Crippen molar-refractivity contribution in [2.24, 2.45) is 11.3 Å². The zero-order valence-electron chi connectivity index (χ0n) is 13.4. The Balaban J connectivity index is 2.52. The molecule has 2 atom stereocenters. The highest BCUT2D eigenvalue weighted by molar-refractivity contribution is 5.78. The van der Waals surface area contributed by atoms with Crippen molar-refractivity contribution in [3.8, 4) is 0 Å². The summed E-state index contributed by atoms with van der Waals surface area (Å²) < 4.78 is 0. The summed E-state index contributed by atoms with van der Waals surface area (Å²) in [6, 6.07) is 0. The average molecular weight is 281 g/mol. The molecule has 1 aromatic heterocycles. The van der Waals surface area contributed by atoms with E-state index in [4.69, 9.17) is 0 Å². The van der Waals surface area contributed by atoms with Crippen molar-refractivity contribution in [1.29, 1.82) is 0 Å². The normalized spacial score (nSPS) is 14.9. The van der Waals surface area contributed by atoms with Crippen molar-refractivity contribution in [3.63, 3.8) is 0 Å². The highest BCUT2D eigenvalue weighted by Gasteiger charge is 2.24. The number of carbonyl (C=O) groups excluding carboxylic acids is 1. The quantitative estimate of drug-likeness (QED) is 0.769. The summed E-state index contributed by atoms with van der Waals surface area (Å²) >= 11 is 0. The van der Waals surface area contributed by atoms with Gasteiger partial charge in [0, 0.05) is 18.2 Å². The van der Waals surface area contributed by atoms with Crippen LogP contribution in [0.1, 0.15) is 44.6 Å². The first-order chi connectivity index (χ1) is 9.12. The number of aromatic nitrogens is 2. The monoisotopic (exact) mass is 281 g/mol. The summed E-state index contributed by atoms with van der Waals surface area (Å²) in [5.74, 6) is -0.175. The van der Waals surface area contributed by atoms with E-state index in [1.165, 1.54) is 0 Å². The summed E-state index contributed by atoms with van der Waals surface area (Å²) in [6.07, 6.45) is 0.113. The van der Waals surface area contributed by atoms with Gasteiger partial charge in [-0.25, -0.2) is 0 Å². The smallest absolute Gasteiger partial charge is 0.223 e. The van der Waals surface area contributed by atoms with E-state index >= 15 is 0 Å². The third kappa shape index (κ3) is 4.34. The first-order valence-corrected chi connectivity index (χ1v) is 7.09. The average Bonchev–Trinajstić information content (AvgIpc) is 2.65. The Morgan fingerprint density at radius 2 is 2.00 bits per heavy atom. The molecular formula is C15H27N3O2. The van der Waals surface area contributed by atoms with Crippen molar-refractivity contribution in [2.75, 3.05) is 6.54 Å². The molecule has 3 N–H and O–H groups in total. The van der Waals surface area contributed by atoms with Crippen molar-refractivity contribution in [1.82, 2.24) is 15.5 Å². The molecule has 1 heterocycles. The van der Waals surface area contributed by atoms with Gasteiger partial charge in [0.2, 0.25) is 5.91 Å². The first-order valence-electron chi connectivity index (χ1n) is 7.09. The van der Waals surface area contributed by atoms with Crippen LogP contribution in [0.2, 0.25) is 0 Å². The Kier molecular flexibility index (Phi) is 5.34. The molecule has 0 aliphatic heterocycles. The van der Waals surface area contributed by atoms with E-state index in [-0.39, 0.29) is 23.8 Å². The van der Waals surface area contributed by atoms with Crippen LogP contribution in [0.25, 0.3) is 0 Å². The molecule has 0 saturated carbocycles. The minimum atomic E-state index is -0.545. The zero-order chi connectivity index (χ0) is 15.5. The van der Waals surface area contributed by atoms with Gasteiger partial charge in [-0.05, 0) is 31.2 Å². The lowest BCUT2D eigenvalue weighted by Gasteiger charge is -2.26. The highest BCUT2D eigenvalue weighted by atomic mass is 16.3. The van der Waals surface area contributed by atoms with Gasteiger partial charge in [0.1, 0.15) is 0 Å². The largest absolute Gasteiger partial charge is 0.391 e. The number of aliphatic hydroxyl groups excluding tert-OH is 1. The van der Waals surface area contributed by atoms with Gasteiger partial charge in [-0.2, -0.15) is 5.10 Å². The maximum atomic E-state index is 12.1. The number of hydrogen-bond acceptors (Lipinski definition) is 3. The standard InChI is InChI=1S/C15H27N3O2/c1-9(7-12-10(2)17-18-11(12)3)14(20)16-8-13(19)15(4,5)6/h9,13,19H,7-8H2,1-6H3,(H,16,20)(H,17,18). The second kappa shape index (κ2) is 6.39. The SMILES string of the molecule is Cc1n[nH]c(C)c1CC(C)C(=O)NCC(O)C(C)(C)C. The van der Waals surface area contributed by atoms with Crippen LogP contribution < -0.4 is 5.32 Å². The van der Waals surface area contributed by atoms with Crippen LogP contribution >= 0.6 is 0 Å². The van der Waals surface area contributed by atoms with Gasteiger partial charge in [-0.15, -0.1) is 0 Å². The predicted octanol–water partition coefficient (Wildman–Crippen LogP) is 1.73. The van der Waals surface area contributed by atoms with Gasteiger partial charge in [0.15, 0.2) is 0 Å². The summed E-state index contributed by atoms with van der Waals surface area (Å²) in [7, 11) is 0. The Morgan fingerprint density at radius 3 is 2.45 bits per heavy atom. The number of rotatable bonds is 5. The highest BCUT2D eigenvalue weighted by Crippen LogP contribution is 2.19. The fourth-order valence-electron chi connectivity index (χ4n) is 1.95. The number of hydrogen-bond donors (Lipinski definition) is 3. The second-order valence-electron chi connectivity index (χ2n) is 6.64. The Bertz CT molecular complexity index is 441. The van der Waals surface area contributed by atoms with Gasteiger partial charge in [-0.3, -0.25) is 9.89 Å². The van der Waals surface area contributed by atoms with Crippen molar-refractivity contribution in [2.45, 2.75) is 54.1 Å². The van der Waals surface area contributed by atoms with Gasteiger partial charge in [0.25, 0.3) is 0 Å². The topological polar surface area (TPSA) is 78.0 Å². The number of amides is 1. The second-order valence-corrected chi connectivity index (χ2v) is 6.64. The summed E-state index contributed by atoms with van der Waals surface area (Å²) in [5.41, 5.74) is 2.83. The third-order valence-corrected chi connectivity index (χ3v) is 3.71. The van der Waals surface area contributed by atoms with Crippen molar-refractivity contribution < 1.29 is 9.90 Å². The molecule has 20 heavy (non-hydrogen) atoms. The number of aromatic amines is 1. The molecule has 1 rings (SSSR count). The lowest BCUT2D eigenvalue weighted by molar-refractivity contribution is -0.125. The number of nitrogens with one attached hydrogen (secondary N) is 2. The van der Waals surface area contributed by atoms with Gasteiger partial charge in [0.05, 0.1) is 11.8 Å². The number of aryl methyl sites for hydroxylation is 2. The van der Waals surface area contributed by atoms with E-state index in [9.17, 15) is 9.90 Å². The van der Waals surface area contributed by atoms with Crippen LogP contribution in [0.15, 0.2) is 0 Å². The molecule has 0 fully saturated rings. The molecule has 0 aliphatic carbocycles. The lowest BCUT2D eigenvalue weighted by Crippen LogP contribution is -2.41. The molecule has 0 spiro atoms. The minimum Gasteiger partial charge on any atom is -0.391 e. The predicted molar refractivity (Wildman–Crippen MR) is 79.4 cm³/mol. The molecule has 0 aliphatic rings. The molecular weight excluding hydrogens is 254 g/mol. The fourth-order valence-corrected chi connectivity index (χ4v) is 1.95. The Hall–Kier alpha value is -1.36. The molecule has 0 bridgehead atoms. The van der Waals surface area contributed by atoms with Crippen molar-refractivity contribution in [3.05, 3.63) is 17.0 Å². The minimum absolute atomic E-state index is 0.0340. The molecule has 0 aromatic carbocycles. The molecule has 0 saturated heterocycles. The van der Waals surface area contributed by atoms with Crippen LogP contribution in [-0.4, -0.2) is 33.9 Å². The molecule has 1 amide bonds. The third-order valence-electron chi connectivity index (χ3n) is 3.71. The summed E-state index contributed by atoms with van der Waals surface area (Å²) in [6.45, 7) is 11.9. The Labute approximate surface area is 121 Å². The number of carbonyl (C=O) groups is 1. The van der Waals surface area contributed by atoms with Crippen LogP contribution in [0.3, 0.4) is 0 Å². The van der Waals surface area contributed by atoms with Crippen molar-refractivity contribution >= 4 is 5.91 Å². The van der Waals surface area contributed by atoms with E-state index in [1.54, 1.807) is 0 Å². The molecule has 5 nitrogen and oxygen atoms in total. The van der Waals surface area contributed by atoms with Gasteiger partial charge < -0.3 is 10.4 Å². The van der Waals surface area contributed by atoms with E-state index in [0.717, 1.165) is 17.0 Å². The maximum Gasteiger partial charge on any atom is 0.223 e. The Morgan fingerprint density at radius 1 is 1.40 bits per heavy atom. The molecule has 1 aromatic rings. The fraction of sp³-hybridized carbons (Fsp3) is 0.733. The molecule has 114 valence electrons. The number of H-pyrrole nitrogens is 1. The van der Waals surface area contributed by atoms with Gasteiger partial charge in [-0.1, -0.05) is 27.7 Å². The molecule has 0 radical (unpaired) electrons. The van der Waals surface area contributed by atoms with E-state index in [0.29, 0.717) is 6.42 Å². The summed E-state index contributed by atoms with van der Waals surface area (Å²) in [4.78, 5) is 12.1. The maximum absolute atomic E-state index is 12.1.